The van der Waals surface area contributed by atoms with Gasteiger partial charge in [-0.3, -0.25) is 9.36 Å². The maximum absolute atomic E-state index is 12.7. The van der Waals surface area contributed by atoms with Gasteiger partial charge in [-0.1, -0.05) is 199 Å². The molecule has 0 saturated carbocycles. The lowest BCUT2D eigenvalue weighted by molar-refractivity contribution is -0.870. The first-order valence-electron chi connectivity index (χ1n) is 24.6. The third-order valence-corrected chi connectivity index (χ3v) is 11.7. The molecule has 344 valence electrons. The van der Waals surface area contributed by atoms with Gasteiger partial charge in [-0.2, -0.15) is 0 Å². The summed E-state index contributed by atoms with van der Waals surface area (Å²) in [7, 11) is 1.36. The number of phosphoric ester groups is 1. The average molecular weight is 842 g/mol. The van der Waals surface area contributed by atoms with E-state index < -0.39 is 13.9 Å². The van der Waals surface area contributed by atoms with Crippen LogP contribution in [0.1, 0.15) is 226 Å². The molecule has 9 heteroatoms. The second-order valence-electron chi connectivity index (χ2n) is 17.8. The van der Waals surface area contributed by atoms with E-state index in [9.17, 15) is 14.3 Å². The zero-order chi connectivity index (χ0) is 42.7. The summed E-state index contributed by atoms with van der Waals surface area (Å²) < 4.78 is 34.7. The van der Waals surface area contributed by atoms with Crippen LogP contribution in [0.4, 0.5) is 0 Å². The molecule has 0 saturated heterocycles. The molecule has 0 aliphatic heterocycles. The number of hydrogen-bond acceptors (Lipinski definition) is 7. The van der Waals surface area contributed by atoms with Crippen molar-refractivity contribution in [3.63, 3.8) is 0 Å². The average Bonchev–Trinajstić information content (AvgIpc) is 3.18. The normalized spacial score (nSPS) is 13.8. The highest BCUT2D eigenvalue weighted by molar-refractivity contribution is 7.45. The molecular formula is C49H96NO7P. The quantitative estimate of drug-likeness (QED) is 0.0198. The topological polar surface area (TPSA) is 94.1 Å². The zero-order valence-corrected chi connectivity index (χ0v) is 39.9. The summed E-state index contributed by atoms with van der Waals surface area (Å²) >= 11 is 0. The third kappa shape index (κ3) is 46.1. The van der Waals surface area contributed by atoms with E-state index in [0.29, 0.717) is 24.1 Å². The Labute approximate surface area is 360 Å². The number of nitrogens with zero attached hydrogens (tertiary/aromatic N) is 1. The zero-order valence-electron chi connectivity index (χ0n) is 39.0. The number of phosphoric acid groups is 1. The van der Waals surface area contributed by atoms with E-state index in [4.69, 9.17) is 18.5 Å². The number of carbonyl (C=O) groups is 1. The summed E-state index contributed by atoms with van der Waals surface area (Å²) in [5.74, 6) is -0.335. The number of rotatable bonds is 46. The monoisotopic (exact) mass is 842 g/mol. The number of likely N-dealkylation sites (N-methyl/N-ethyl adjacent to an activating group) is 1. The van der Waals surface area contributed by atoms with Crippen molar-refractivity contribution in [2.45, 2.75) is 232 Å². The first kappa shape index (κ1) is 57.0. The van der Waals surface area contributed by atoms with Crippen molar-refractivity contribution in [1.29, 1.82) is 0 Å². The molecule has 0 fully saturated rings. The van der Waals surface area contributed by atoms with E-state index >= 15 is 0 Å². The lowest BCUT2D eigenvalue weighted by Gasteiger charge is -2.28. The molecule has 0 rings (SSSR count). The number of quaternary nitrogens is 1. The van der Waals surface area contributed by atoms with Gasteiger partial charge >= 0.3 is 5.97 Å². The molecule has 0 spiro atoms. The van der Waals surface area contributed by atoms with Gasteiger partial charge < -0.3 is 27.9 Å². The van der Waals surface area contributed by atoms with Crippen LogP contribution in [0.15, 0.2) is 24.3 Å². The van der Waals surface area contributed by atoms with Gasteiger partial charge in [0.1, 0.15) is 19.3 Å². The van der Waals surface area contributed by atoms with Crippen LogP contribution in [0.5, 0.6) is 0 Å². The van der Waals surface area contributed by atoms with Gasteiger partial charge in [0.05, 0.1) is 34.4 Å². The summed E-state index contributed by atoms with van der Waals surface area (Å²) in [5, 5.41) is 0. The fourth-order valence-electron chi connectivity index (χ4n) is 6.93. The molecule has 2 unspecified atom stereocenters. The van der Waals surface area contributed by atoms with Crippen LogP contribution in [0, 0.1) is 0 Å². The Morgan fingerprint density at radius 2 is 0.948 bits per heavy atom. The highest BCUT2D eigenvalue weighted by Gasteiger charge is 2.20. The van der Waals surface area contributed by atoms with Crippen LogP contribution >= 0.6 is 7.82 Å². The maximum Gasteiger partial charge on any atom is 0.306 e. The molecule has 58 heavy (non-hydrogen) atoms. The van der Waals surface area contributed by atoms with Crippen molar-refractivity contribution >= 4 is 13.8 Å². The van der Waals surface area contributed by atoms with E-state index in [2.05, 4.69) is 38.2 Å². The summed E-state index contributed by atoms with van der Waals surface area (Å²) in [6.07, 6.45) is 49.0. The summed E-state index contributed by atoms with van der Waals surface area (Å²) in [4.78, 5) is 25.1. The Bertz CT molecular complexity index is 983. The lowest BCUT2D eigenvalue weighted by Crippen LogP contribution is -2.37. The van der Waals surface area contributed by atoms with Crippen LogP contribution in [-0.2, 0) is 27.9 Å². The largest absolute Gasteiger partial charge is 0.756 e. The van der Waals surface area contributed by atoms with Crippen LogP contribution in [0.3, 0.4) is 0 Å². The van der Waals surface area contributed by atoms with Gasteiger partial charge in [0.15, 0.2) is 0 Å². The predicted molar refractivity (Wildman–Crippen MR) is 245 cm³/mol. The van der Waals surface area contributed by atoms with E-state index in [0.717, 1.165) is 38.5 Å². The first-order chi connectivity index (χ1) is 28.1. The van der Waals surface area contributed by atoms with Crippen molar-refractivity contribution in [3.05, 3.63) is 24.3 Å². The smallest absolute Gasteiger partial charge is 0.306 e. The molecule has 0 aliphatic carbocycles. The number of unbranched alkanes of at least 4 members (excludes halogenated alkanes) is 28. The van der Waals surface area contributed by atoms with Crippen LogP contribution in [-0.4, -0.2) is 70.7 Å². The Morgan fingerprint density at radius 1 is 0.534 bits per heavy atom. The van der Waals surface area contributed by atoms with Crippen LogP contribution in [0.2, 0.25) is 0 Å². The van der Waals surface area contributed by atoms with E-state index in [1.54, 1.807) is 0 Å². The van der Waals surface area contributed by atoms with E-state index in [-0.39, 0.29) is 25.8 Å². The molecule has 2 atom stereocenters. The minimum absolute atomic E-state index is 0.0275. The Hall–Kier alpha value is -1.02. The molecule has 0 radical (unpaired) electrons. The van der Waals surface area contributed by atoms with Crippen molar-refractivity contribution in [2.75, 3.05) is 54.1 Å². The molecule has 0 aromatic heterocycles. The molecule has 0 bridgehead atoms. The Balaban J connectivity index is 4.15. The SMILES string of the molecule is CCCCCCC/C=C\C/C=C\CCCCCCCCCCCC(=O)OC(COCCCCCCCCCCCCCCCCC)COP(=O)([O-])OCC[N+](C)(C)C. The minimum Gasteiger partial charge on any atom is -0.756 e. The molecular weight excluding hydrogens is 746 g/mol. The fraction of sp³-hybridized carbons (Fsp3) is 0.898. The molecule has 0 amide bonds. The van der Waals surface area contributed by atoms with E-state index in [1.807, 2.05) is 21.1 Å². The van der Waals surface area contributed by atoms with Crippen molar-refractivity contribution in [2.24, 2.45) is 0 Å². The summed E-state index contributed by atoms with van der Waals surface area (Å²) in [6.45, 7) is 5.44. The molecule has 0 N–H and O–H groups in total. The second kappa shape index (κ2) is 42.7. The van der Waals surface area contributed by atoms with Gasteiger partial charge in [0.2, 0.25) is 0 Å². The summed E-state index contributed by atoms with van der Waals surface area (Å²) in [5.41, 5.74) is 0. The minimum atomic E-state index is -4.52. The van der Waals surface area contributed by atoms with Gasteiger partial charge in [-0.15, -0.1) is 0 Å². The molecule has 8 nitrogen and oxygen atoms in total. The second-order valence-corrected chi connectivity index (χ2v) is 19.2. The van der Waals surface area contributed by atoms with Gasteiger partial charge in [-0.25, -0.2) is 0 Å². The Morgan fingerprint density at radius 3 is 1.40 bits per heavy atom. The number of carbonyl (C=O) groups excluding carboxylic acids is 1. The summed E-state index contributed by atoms with van der Waals surface area (Å²) in [6, 6.07) is 0. The predicted octanol–water partition coefficient (Wildman–Crippen LogP) is 14.1. The molecule has 0 aliphatic rings. The highest BCUT2D eigenvalue weighted by Crippen LogP contribution is 2.38. The molecule has 0 aromatic carbocycles. The van der Waals surface area contributed by atoms with Crippen molar-refractivity contribution in [3.8, 4) is 0 Å². The van der Waals surface area contributed by atoms with Gasteiger partial charge in [-0.05, 0) is 44.9 Å². The number of hydrogen-bond donors (Lipinski definition) is 0. The molecule has 0 aromatic rings. The van der Waals surface area contributed by atoms with Crippen LogP contribution in [0.25, 0.3) is 0 Å². The van der Waals surface area contributed by atoms with E-state index in [1.165, 1.54) is 167 Å². The molecule has 0 heterocycles. The lowest BCUT2D eigenvalue weighted by atomic mass is 10.0. The Kier molecular flexibility index (Phi) is 41.9. The number of esters is 1. The highest BCUT2D eigenvalue weighted by atomic mass is 31.2. The number of allylic oxidation sites excluding steroid dienone is 4. The standard InChI is InChI=1S/C49H96NO7P/c1-6-8-10-12-14-16-18-20-22-23-24-25-26-27-28-30-32-34-36-38-40-42-49(51)57-48(47-56-58(52,53)55-45-43-50(3,4)5)46-54-44-41-39-37-35-33-31-29-21-19-17-15-13-11-9-7-2/h18,20,23-24,48H,6-17,19,21-22,25-47H2,1-5H3/b20-18-,24-23-. The first-order valence-corrected chi connectivity index (χ1v) is 26.0. The van der Waals surface area contributed by atoms with Crippen molar-refractivity contribution < 1.29 is 37.3 Å². The van der Waals surface area contributed by atoms with Crippen molar-refractivity contribution in [1.82, 2.24) is 0 Å². The fourth-order valence-corrected chi connectivity index (χ4v) is 7.66. The van der Waals surface area contributed by atoms with Gasteiger partial charge in [0.25, 0.3) is 7.82 Å². The number of ether oxygens (including phenoxy) is 2. The third-order valence-electron chi connectivity index (χ3n) is 10.8. The van der Waals surface area contributed by atoms with Gasteiger partial charge in [0, 0.05) is 13.0 Å². The van der Waals surface area contributed by atoms with Crippen LogP contribution < -0.4 is 4.89 Å². The maximum atomic E-state index is 12.7.